The van der Waals surface area contributed by atoms with Gasteiger partial charge in [-0.05, 0) is 56.9 Å². The van der Waals surface area contributed by atoms with Crippen molar-refractivity contribution >= 4 is 0 Å². The molecule has 0 aromatic carbocycles. The van der Waals surface area contributed by atoms with Gasteiger partial charge in [0, 0.05) is 13.2 Å². The topological polar surface area (TPSA) is 49.7 Å². The Balaban J connectivity index is 2.68. The van der Waals surface area contributed by atoms with E-state index in [9.17, 15) is 10.2 Å². The van der Waals surface area contributed by atoms with Crippen molar-refractivity contribution in [1.82, 2.24) is 0 Å². The van der Waals surface area contributed by atoms with Gasteiger partial charge in [-0.2, -0.15) is 0 Å². The van der Waals surface area contributed by atoms with Crippen molar-refractivity contribution < 1.29 is 14.9 Å². The lowest BCUT2D eigenvalue weighted by molar-refractivity contribution is 0.0738. The van der Waals surface area contributed by atoms with Crippen LogP contribution >= 0.6 is 0 Å². The Hall–Kier alpha value is -0.800. The van der Waals surface area contributed by atoms with Crippen LogP contribution in [0.2, 0.25) is 0 Å². The number of hydrogen-bond acceptors (Lipinski definition) is 3. The predicted molar refractivity (Wildman–Crippen MR) is 72.9 cm³/mol. The quantitative estimate of drug-likeness (QED) is 0.585. The first-order valence-corrected chi connectivity index (χ1v) is 6.61. The zero-order valence-electron chi connectivity index (χ0n) is 11.7. The van der Waals surface area contributed by atoms with E-state index in [-0.39, 0.29) is 42.5 Å². The third-order valence-corrected chi connectivity index (χ3v) is 3.67. The summed E-state index contributed by atoms with van der Waals surface area (Å²) in [5, 5.41) is 18.9. The fourth-order valence-electron chi connectivity index (χ4n) is 2.68. The highest BCUT2D eigenvalue weighted by atomic mass is 16.5. The molecule has 3 heteroatoms. The molecule has 2 N–H and O–H groups in total. The molecule has 0 spiro atoms. The third-order valence-electron chi connectivity index (χ3n) is 3.67. The molecule has 1 aliphatic rings. The second-order valence-corrected chi connectivity index (χ2v) is 6.05. The van der Waals surface area contributed by atoms with E-state index in [0.29, 0.717) is 0 Å². The molecule has 0 aromatic rings. The van der Waals surface area contributed by atoms with Crippen LogP contribution in [0.25, 0.3) is 0 Å². The van der Waals surface area contributed by atoms with E-state index in [4.69, 9.17) is 4.74 Å². The predicted octanol–water partition coefficient (Wildman–Crippen LogP) is 2.35. The molecule has 4 atom stereocenters. The standard InChI is InChI=1S/C15H26O3/c1-5-11-8-12(6-7-18-15(2,3)4)14(10-17)13(11)9-16/h5-7,11-14,16-17H,1,8-10H2,2-4H3. The van der Waals surface area contributed by atoms with Crippen LogP contribution in [-0.2, 0) is 4.74 Å². The van der Waals surface area contributed by atoms with Crippen molar-refractivity contribution in [1.29, 1.82) is 0 Å². The molecule has 0 saturated heterocycles. The summed E-state index contributed by atoms with van der Waals surface area (Å²) in [6.45, 7) is 10.0. The zero-order valence-corrected chi connectivity index (χ0v) is 11.7. The van der Waals surface area contributed by atoms with Crippen LogP contribution in [0.4, 0.5) is 0 Å². The van der Waals surface area contributed by atoms with Crippen LogP contribution in [0.1, 0.15) is 27.2 Å². The molecule has 4 unspecified atom stereocenters. The maximum absolute atomic E-state index is 9.49. The van der Waals surface area contributed by atoms with E-state index >= 15 is 0 Å². The van der Waals surface area contributed by atoms with Crippen molar-refractivity contribution in [3.8, 4) is 0 Å². The van der Waals surface area contributed by atoms with E-state index in [1.165, 1.54) is 0 Å². The summed E-state index contributed by atoms with van der Waals surface area (Å²) < 4.78 is 5.57. The fraction of sp³-hybridized carbons (Fsp3) is 0.733. The summed E-state index contributed by atoms with van der Waals surface area (Å²) in [4.78, 5) is 0. The van der Waals surface area contributed by atoms with Crippen LogP contribution in [0.5, 0.6) is 0 Å². The molecule has 18 heavy (non-hydrogen) atoms. The van der Waals surface area contributed by atoms with Gasteiger partial charge in [0.2, 0.25) is 0 Å². The second-order valence-electron chi connectivity index (χ2n) is 6.05. The molecule has 0 aliphatic heterocycles. The lowest BCUT2D eigenvalue weighted by atomic mass is 9.88. The van der Waals surface area contributed by atoms with Gasteiger partial charge in [0.05, 0.1) is 11.9 Å². The molecular formula is C15H26O3. The van der Waals surface area contributed by atoms with Crippen molar-refractivity contribution in [2.45, 2.75) is 32.8 Å². The largest absolute Gasteiger partial charge is 0.496 e. The lowest BCUT2D eigenvalue weighted by Crippen LogP contribution is -2.23. The Morgan fingerprint density at radius 1 is 1.17 bits per heavy atom. The van der Waals surface area contributed by atoms with Gasteiger partial charge in [-0.25, -0.2) is 0 Å². The minimum absolute atomic E-state index is 0.0952. The Bertz CT molecular complexity index is 291. The molecule has 0 radical (unpaired) electrons. The molecule has 0 amide bonds. The summed E-state index contributed by atoms with van der Waals surface area (Å²) in [5.74, 6) is 0.726. The number of aliphatic hydroxyl groups is 2. The van der Waals surface area contributed by atoms with Crippen LogP contribution < -0.4 is 0 Å². The van der Waals surface area contributed by atoms with Gasteiger partial charge in [0.1, 0.15) is 0 Å². The monoisotopic (exact) mass is 254 g/mol. The van der Waals surface area contributed by atoms with Gasteiger partial charge < -0.3 is 14.9 Å². The van der Waals surface area contributed by atoms with Gasteiger partial charge in [-0.3, -0.25) is 0 Å². The molecule has 1 rings (SSSR count). The van der Waals surface area contributed by atoms with Crippen molar-refractivity contribution in [2.24, 2.45) is 23.7 Å². The molecule has 1 fully saturated rings. The summed E-state index contributed by atoms with van der Waals surface area (Å²) in [5.41, 5.74) is -0.196. The van der Waals surface area contributed by atoms with E-state index in [0.717, 1.165) is 6.42 Å². The van der Waals surface area contributed by atoms with Gasteiger partial charge in [-0.15, -0.1) is 6.58 Å². The first-order chi connectivity index (χ1) is 8.42. The van der Waals surface area contributed by atoms with E-state index in [1.807, 2.05) is 32.9 Å². The number of ether oxygens (including phenoxy) is 1. The molecule has 1 saturated carbocycles. The molecule has 3 nitrogen and oxygen atoms in total. The Labute approximate surface area is 110 Å². The average molecular weight is 254 g/mol. The second kappa shape index (κ2) is 6.39. The SMILES string of the molecule is C=CC1CC(C=COC(C)(C)C)C(CO)C1CO. The molecular weight excluding hydrogens is 228 g/mol. The normalized spacial score (nSPS) is 32.9. The minimum atomic E-state index is -0.196. The summed E-state index contributed by atoms with van der Waals surface area (Å²) in [6.07, 6.45) is 6.55. The number of allylic oxidation sites excluding steroid dienone is 2. The van der Waals surface area contributed by atoms with Gasteiger partial charge >= 0.3 is 0 Å². The minimum Gasteiger partial charge on any atom is -0.496 e. The van der Waals surface area contributed by atoms with Gasteiger partial charge in [0.15, 0.2) is 0 Å². The van der Waals surface area contributed by atoms with Crippen molar-refractivity contribution in [2.75, 3.05) is 13.2 Å². The van der Waals surface area contributed by atoms with E-state index < -0.39 is 0 Å². The average Bonchev–Trinajstić information content (AvgIpc) is 2.64. The Morgan fingerprint density at radius 3 is 2.17 bits per heavy atom. The molecule has 1 aliphatic carbocycles. The zero-order chi connectivity index (χ0) is 13.8. The molecule has 104 valence electrons. The summed E-state index contributed by atoms with van der Waals surface area (Å²) in [7, 11) is 0. The third kappa shape index (κ3) is 3.85. The van der Waals surface area contributed by atoms with Crippen molar-refractivity contribution in [3.05, 3.63) is 25.0 Å². The van der Waals surface area contributed by atoms with Gasteiger partial charge in [-0.1, -0.05) is 6.08 Å². The Kier molecular flexibility index (Phi) is 5.42. The number of rotatable bonds is 5. The highest BCUT2D eigenvalue weighted by Crippen LogP contribution is 2.42. The van der Waals surface area contributed by atoms with Crippen LogP contribution in [0, 0.1) is 23.7 Å². The summed E-state index contributed by atoms with van der Waals surface area (Å²) in [6, 6.07) is 0. The molecule has 0 aromatic heterocycles. The van der Waals surface area contributed by atoms with Crippen molar-refractivity contribution in [3.63, 3.8) is 0 Å². The Morgan fingerprint density at radius 2 is 1.72 bits per heavy atom. The first-order valence-electron chi connectivity index (χ1n) is 6.61. The summed E-state index contributed by atoms with van der Waals surface area (Å²) >= 11 is 0. The molecule has 0 bridgehead atoms. The maximum Gasteiger partial charge on any atom is 0.0998 e. The maximum atomic E-state index is 9.49. The highest BCUT2D eigenvalue weighted by Gasteiger charge is 2.39. The number of hydrogen-bond donors (Lipinski definition) is 2. The van der Waals surface area contributed by atoms with Gasteiger partial charge in [0.25, 0.3) is 0 Å². The first kappa shape index (κ1) is 15.3. The van der Waals surface area contributed by atoms with Crippen LogP contribution in [-0.4, -0.2) is 29.0 Å². The number of aliphatic hydroxyl groups excluding tert-OH is 2. The smallest absolute Gasteiger partial charge is 0.0998 e. The lowest BCUT2D eigenvalue weighted by Gasteiger charge is -2.21. The van der Waals surface area contributed by atoms with Crippen LogP contribution in [0.3, 0.4) is 0 Å². The van der Waals surface area contributed by atoms with E-state index in [1.54, 1.807) is 6.26 Å². The van der Waals surface area contributed by atoms with E-state index in [2.05, 4.69) is 6.58 Å². The fourth-order valence-corrected chi connectivity index (χ4v) is 2.68. The highest BCUT2D eigenvalue weighted by molar-refractivity contribution is 5.03. The van der Waals surface area contributed by atoms with Crippen LogP contribution in [0.15, 0.2) is 25.0 Å². The molecule has 0 heterocycles.